The molecule has 1 atom stereocenters. The van der Waals surface area contributed by atoms with E-state index in [-0.39, 0.29) is 6.61 Å². The molecule has 1 aromatic carbocycles. The van der Waals surface area contributed by atoms with Crippen molar-refractivity contribution in [3.8, 4) is 0 Å². The Labute approximate surface area is 164 Å². The van der Waals surface area contributed by atoms with Gasteiger partial charge in [0.15, 0.2) is 0 Å². The van der Waals surface area contributed by atoms with Crippen LogP contribution in [0.3, 0.4) is 0 Å². The van der Waals surface area contributed by atoms with Gasteiger partial charge in [0.05, 0.1) is 18.8 Å². The zero-order valence-electron chi connectivity index (χ0n) is 16.0. The zero-order chi connectivity index (χ0) is 20.0. The molecular formula is C20H24ClN3O3. The molecule has 6 nitrogen and oxygen atoms in total. The molecule has 0 saturated carbocycles. The number of carbonyl (C=O) groups excluding carboxylic acids is 2. The number of benzene rings is 1. The molecule has 0 aliphatic heterocycles. The monoisotopic (exact) mass is 389 g/mol. The second kappa shape index (κ2) is 9.37. The maximum Gasteiger partial charge on any atom is 0.328 e. The molecule has 2 aromatic rings. The van der Waals surface area contributed by atoms with Crippen molar-refractivity contribution < 1.29 is 14.3 Å². The number of amides is 1. The molecule has 0 radical (unpaired) electrons. The molecule has 27 heavy (non-hydrogen) atoms. The molecule has 1 amide bonds. The number of hydrogen-bond acceptors (Lipinski definition) is 4. The van der Waals surface area contributed by atoms with Gasteiger partial charge in [-0.2, -0.15) is 5.10 Å². The highest BCUT2D eigenvalue weighted by molar-refractivity contribution is 6.31. The summed E-state index contributed by atoms with van der Waals surface area (Å²) in [5.41, 5.74) is 3.66. The van der Waals surface area contributed by atoms with E-state index in [1.165, 1.54) is 11.6 Å². The predicted octanol–water partition coefficient (Wildman–Crippen LogP) is 3.28. The number of esters is 1. The van der Waals surface area contributed by atoms with Gasteiger partial charge in [-0.15, -0.1) is 0 Å². The summed E-state index contributed by atoms with van der Waals surface area (Å²) in [5, 5.41) is 7.46. The van der Waals surface area contributed by atoms with E-state index in [0.717, 1.165) is 11.3 Å². The van der Waals surface area contributed by atoms with E-state index in [2.05, 4.69) is 10.4 Å². The van der Waals surface area contributed by atoms with Crippen molar-refractivity contribution in [2.75, 3.05) is 6.61 Å². The lowest BCUT2D eigenvalue weighted by atomic mass is 10.1. The molecule has 0 bridgehead atoms. The standard InChI is InChI=1S/C20H24ClN3O3/c1-5-27-20(26)15(4)22-18(25)11-10-17-14(3)23-24(19(17)21)12-16-8-6-13(2)7-9-16/h6-11,15H,5,12H2,1-4H3,(H,22,25). The quantitative estimate of drug-likeness (QED) is 0.582. The average Bonchev–Trinajstić information content (AvgIpc) is 2.88. The van der Waals surface area contributed by atoms with Crippen LogP contribution in [0.5, 0.6) is 0 Å². The van der Waals surface area contributed by atoms with Crippen molar-refractivity contribution in [3.63, 3.8) is 0 Å². The van der Waals surface area contributed by atoms with E-state index in [0.29, 0.717) is 17.3 Å². The maximum absolute atomic E-state index is 12.0. The third-order valence-corrected chi connectivity index (χ3v) is 4.36. The fourth-order valence-corrected chi connectivity index (χ4v) is 2.77. The molecule has 0 aliphatic carbocycles. The summed E-state index contributed by atoms with van der Waals surface area (Å²) in [6, 6.07) is 7.42. The minimum Gasteiger partial charge on any atom is -0.464 e. The molecule has 1 N–H and O–H groups in total. The lowest BCUT2D eigenvalue weighted by Gasteiger charge is -2.10. The first kappa shape index (κ1) is 20.7. The Hall–Kier alpha value is -2.60. The van der Waals surface area contributed by atoms with Gasteiger partial charge in [0.2, 0.25) is 5.91 Å². The van der Waals surface area contributed by atoms with Crippen LogP contribution in [0.1, 0.15) is 36.2 Å². The van der Waals surface area contributed by atoms with E-state index >= 15 is 0 Å². The van der Waals surface area contributed by atoms with Crippen LogP contribution in [0.25, 0.3) is 6.08 Å². The number of aryl methyl sites for hydroxylation is 2. The number of halogens is 1. The van der Waals surface area contributed by atoms with Gasteiger partial charge in [0.1, 0.15) is 11.2 Å². The summed E-state index contributed by atoms with van der Waals surface area (Å²) in [6.07, 6.45) is 2.94. The molecule has 0 spiro atoms. The summed E-state index contributed by atoms with van der Waals surface area (Å²) >= 11 is 6.44. The smallest absolute Gasteiger partial charge is 0.328 e. The van der Waals surface area contributed by atoms with Crippen molar-refractivity contribution >= 4 is 29.6 Å². The fraction of sp³-hybridized carbons (Fsp3) is 0.350. The highest BCUT2D eigenvalue weighted by Gasteiger charge is 2.16. The number of carbonyl (C=O) groups is 2. The van der Waals surface area contributed by atoms with Crippen LogP contribution < -0.4 is 5.32 Å². The highest BCUT2D eigenvalue weighted by atomic mass is 35.5. The van der Waals surface area contributed by atoms with Gasteiger partial charge in [0.25, 0.3) is 0 Å². The van der Waals surface area contributed by atoms with Crippen molar-refractivity contribution in [1.82, 2.24) is 15.1 Å². The molecular weight excluding hydrogens is 366 g/mol. The largest absolute Gasteiger partial charge is 0.464 e. The van der Waals surface area contributed by atoms with Gasteiger partial charge in [0, 0.05) is 11.6 Å². The summed E-state index contributed by atoms with van der Waals surface area (Å²) in [5.74, 6) is -0.878. The maximum atomic E-state index is 12.0. The summed E-state index contributed by atoms with van der Waals surface area (Å²) < 4.78 is 6.56. The second-order valence-corrected chi connectivity index (χ2v) is 6.61. The summed E-state index contributed by atoms with van der Waals surface area (Å²) in [6.45, 7) is 7.96. The number of hydrogen-bond donors (Lipinski definition) is 1. The second-order valence-electron chi connectivity index (χ2n) is 6.25. The van der Waals surface area contributed by atoms with E-state index in [4.69, 9.17) is 16.3 Å². The molecule has 144 valence electrons. The Kier molecular flexibility index (Phi) is 7.19. The van der Waals surface area contributed by atoms with Gasteiger partial charge < -0.3 is 10.1 Å². The molecule has 7 heteroatoms. The minimum absolute atomic E-state index is 0.268. The van der Waals surface area contributed by atoms with E-state index < -0.39 is 17.9 Å². The Bertz CT molecular complexity index is 841. The number of rotatable bonds is 7. The molecule has 1 aromatic heterocycles. The third kappa shape index (κ3) is 5.69. The number of nitrogens with one attached hydrogen (secondary N) is 1. The van der Waals surface area contributed by atoms with E-state index in [9.17, 15) is 9.59 Å². The topological polar surface area (TPSA) is 73.2 Å². The van der Waals surface area contributed by atoms with Crippen LogP contribution in [-0.2, 0) is 20.9 Å². The highest BCUT2D eigenvalue weighted by Crippen LogP contribution is 2.22. The lowest BCUT2D eigenvalue weighted by Crippen LogP contribution is -2.38. The Morgan fingerprint density at radius 1 is 1.30 bits per heavy atom. The fourth-order valence-electron chi connectivity index (χ4n) is 2.47. The van der Waals surface area contributed by atoms with Crippen molar-refractivity contribution in [3.05, 3.63) is 57.9 Å². The molecule has 0 fully saturated rings. The van der Waals surface area contributed by atoms with Crippen LogP contribution in [0.15, 0.2) is 30.3 Å². The predicted molar refractivity (Wildman–Crippen MR) is 106 cm³/mol. The van der Waals surface area contributed by atoms with Gasteiger partial charge in [-0.3, -0.25) is 4.79 Å². The first-order valence-electron chi connectivity index (χ1n) is 8.75. The summed E-state index contributed by atoms with van der Waals surface area (Å²) in [7, 11) is 0. The summed E-state index contributed by atoms with van der Waals surface area (Å²) in [4.78, 5) is 23.6. The van der Waals surface area contributed by atoms with Gasteiger partial charge >= 0.3 is 5.97 Å². The lowest BCUT2D eigenvalue weighted by molar-refractivity contribution is -0.146. The van der Waals surface area contributed by atoms with Crippen LogP contribution >= 0.6 is 11.6 Å². The molecule has 0 aliphatic rings. The van der Waals surface area contributed by atoms with Gasteiger partial charge in [-0.1, -0.05) is 41.4 Å². The number of ether oxygens (including phenoxy) is 1. The number of aromatic nitrogens is 2. The normalized spacial score (nSPS) is 12.2. The molecule has 1 unspecified atom stereocenters. The van der Waals surface area contributed by atoms with Crippen molar-refractivity contribution in [2.45, 2.75) is 40.3 Å². The van der Waals surface area contributed by atoms with Crippen LogP contribution in [0.4, 0.5) is 0 Å². The first-order chi connectivity index (χ1) is 12.8. The van der Waals surface area contributed by atoms with Gasteiger partial charge in [-0.25, -0.2) is 9.48 Å². The van der Waals surface area contributed by atoms with Crippen LogP contribution in [0.2, 0.25) is 5.15 Å². The Morgan fingerprint density at radius 3 is 2.59 bits per heavy atom. The molecule has 2 rings (SSSR count). The van der Waals surface area contributed by atoms with E-state index in [1.54, 1.807) is 24.6 Å². The van der Waals surface area contributed by atoms with Crippen LogP contribution in [0, 0.1) is 13.8 Å². The first-order valence-corrected chi connectivity index (χ1v) is 9.13. The van der Waals surface area contributed by atoms with Crippen molar-refractivity contribution in [1.29, 1.82) is 0 Å². The van der Waals surface area contributed by atoms with Crippen molar-refractivity contribution in [2.24, 2.45) is 0 Å². The minimum atomic E-state index is -0.720. The molecule has 1 heterocycles. The number of nitrogens with zero attached hydrogens (tertiary/aromatic N) is 2. The van der Waals surface area contributed by atoms with E-state index in [1.807, 2.05) is 38.1 Å². The SMILES string of the molecule is CCOC(=O)C(C)NC(=O)C=Cc1c(C)nn(Cc2ccc(C)cc2)c1Cl. The Balaban J connectivity index is 2.07. The zero-order valence-corrected chi connectivity index (χ0v) is 16.7. The third-order valence-electron chi connectivity index (χ3n) is 3.96. The van der Waals surface area contributed by atoms with Gasteiger partial charge in [-0.05, 0) is 39.3 Å². The average molecular weight is 390 g/mol. The van der Waals surface area contributed by atoms with Crippen LogP contribution in [-0.4, -0.2) is 34.3 Å². The Morgan fingerprint density at radius 2 is 1.96 bits per heavy atom. The molecule has 0 saturated heterocycles.